The molecule has 0 aliphatic carbocycles. The van der Waals surface area contributed by atoms with E-state index in [9.17, 15) is 14.7 Å². The van der Waals surface area contributed by atoms with Crippen LogP contribution in [0.1, 0.15) is 15.9 Å². The van der Waals surface area contributed by atoms with Gasteiger partial charge in [0.1, 0.15) is 0 Å². The summed E-state index contributed by atoms with van der Waals surface area (Å²) in [5.41, 5.74) is 0.207. The second-order valence-corrected chi connectivity index (χ2v) is 6.07. The Morgan fingerprint density at radius 1 is 1.00 bits per heavy atom. The summed E-state index contributed by atoms with van der Waals surface area (Å²) in [5.74, 6) is -0.990. The molecule has 3 nitrogen and oxygen atoms in total. The number of aromatic hydroxyl groups is 1. The maximum absolute atomic E-state index is 12.1. The van der Waals surface area contributed by atoms with Crippen molar-refractivity contribution in [2.24, 2.45) is 0 Å². The van der Waals surface area contributed by atoms with Crippen LogP contribution in [0.4, 0.5) is 0 Å². The van der Waals surface area contributed by atoms with Crippen molar-refractivity contribution in [3.8, 4) is 5.75 Å². The minimum Gasteiger partial charge on any atom is -0.504 e. The molecule has 0 bridgehead atoms. The van der Waals surface area contributed by atoms with E-state index in [2.05, 4.69) is 31.9 Å². The molecular formula is C16H10Br2O3. The van der Waals surface area contributed by atoms with Gasteiger partial charge in [0.2, 0.25) is 5.43 Å². The lowest BCUT2D eigenvalue weighted by Crippen LogP contribution is -2.01. The van der Waals surface area contributed by atoms with E-state index in [4.69, 9.17) is 0 Å². The van der Waals surface area contributed by atoms with Gasteiger partial charge in [-0.15, -0.1) is 0 Å². The minimum absolute atomic E-state index is 0.0368. The first-order chi connectivity index (χ1) is 9.97. The normalized spacial score (nSPS) is 10.8. The molecule has 2 aromatic carbocycles. The van der Waals surface area contributed by atoms with E-state index >= 15 is 0 Å². The molecule has 2 aromatic rings. The van der Waals surface area contributed by atoms with Gasteiger partial charge in [-0.25, -0.2) is 0 Å². The predicted molar refractivity (Wildman–Crippen MR) is 89.6 cm³/mol. The first kappa shape index (κ1) is 15.7. The second kappa shape index (κ2) is 6.83. The summed E-state index contributed by atoms with van der Waals surface area (Å²) in [6.45, 7) is 0. The summed E-state index contributed by atoms with van der Waals surface area (Å²) < 4.78 is 1.49. The van der Waals surface area contributed by atoms with Crippen molar-refractivity contribution in [1.29, 1.82) is 0 Å². The van der Waals surface area contributed by atoms with Crippen molar-refractivity contribution < 1.29 is 9.90 Å². The van der Waals surface area contributed by atoms with Crippen LogP contribution in [0.2, 0.25) is 0 Å². The molecule has 0 saturated heterocycles. The molecule has 0 unspecified atom stereocenters. The van der Waals surface area contributed by atoms with Gasteiger partial charge in [-0.05, 0) is 42.0 Å². The molecule has 0 heterocycles. The number of hydrogen-bond acceptors (Lipinski definition) is 3. The second-order valence-electron chi connectivity index (χ2n) is 4.24. The Hall–Kier alpha value is -1.72. The van der Waals surface area contributed by atoms with E-state index in [1.165, 1.54) is 24.3 Å². The van der Waals surface area contributed by atoms with E-state index in [0.717, 1.165) is 10.0 Å². The molecule has 0 atom stereocenters. The fourth-order valence-electron chi connectivity index (χ4n) is 1.64. The quantitative estimate of drug-likeness (QED) is 0.611. The molecule has 21 heavy (non-hydrogen) atoms. The number of carbonyl (C=O) groups excluding carboxylic acids is 1. The third-order valence-electron chi connectivity index (χ3n) is 2.73. The van der Waals surface area contributed by atoms with Gasteiger partial charge in [0.25, 0.3) is 0 Å². The summed E-state index contributed by atoms with van der Waals surface area (Å²) >= 11 is 6.53. The Balaban J connectivity index is 2.35. The average Bonchev–Trinajstić information content (AvgIpc) is 2.60. The lowest BCUT2D eigenvalue weighted by molar-refractivity contribution is 0.104. The zero-order valence-corrected chi connectivity index (χ0v) is 13.9. The number of ketones is 1. The molecule has 0 amide bonds. The number of hydrogen-bond donors (Lipinski definition) is 1. The standard InChI is InChI=1S/C16H10Br2O3/c17-11-4-1-10(2-5-11)3-7-14(19)13-9-12(18)6-8-15(20)16(13)21/h1-9H,(H,20,21)/b7-3-. The van der Waals surface area contributed by atoms with Crippen LogP contribution in [0.15, 0.2) is 62.3 Å². The monoisotopic (exact) mass is 408 g/mol. The average molecular weight is 410 g/mol. The van der Waals surface area contributed by atoms with Crippen LogP contribution >= 0.6 is 31.9 Å². The van der Waals surface area contributed by atoms with Gasteiger partial charge < -0.3 is 5.11 Å². The molecular weight excluding hydrogens is 400 g/mol. The summed E-state index contributed by atoms with van der Waals surface area (Å²) in [6, 6.07) is 11.5. The fourth-order valence-corrected chi connectivity index (χ4v) is 2.27. The Morgan fingerprint density at radius 3 is 2.29 bits per heavy atom. The fraction of sp³-hybridized carbons (Fsp3) is 0. The molecule has 0 fully saturated rings. The van der Waals surface area contributed by atoms with Gasteiger partial charge >= 0.3 is 0 Å². The van der Waals surface area contributed by atoms with Gasteiger partial charge in [-0.1, -0.05) is 50.1 Å². The Bertz CT molecular complexity index is 765. The smallest absolute Gasteiger partial charge is 0.220 e. The van der Waals surface area contributed by atoms with Crippen LogP contribution < -0.4 is 5.43 Å². The van der Waals surface area contributed by atoms with E-state index in [0.29, 0.717) is 4.47 Å². The SMILES string of the molecule is O=C(/C=C\c1ccc(Br)cc1)c1cc(Br)ccc(=O)c1O. The van der Waals surface area contributed by atoms with Crippen LogP contribution in [-0.2, 0) is 0 Å². The van der Waals surface area contributed by atoms with Gasteiger partial charge in [0, 0.05) is 8.95 Å². The summed E-state index contributed by atoms with van der Waals surface area (Å²) in [7, 11) is 0. The molecule has 1 N–H and O–H groups in total. The van der Waals surface area contributed by atoms with Crippen LogP contribution in [0.5, 0.6) is 5.75 Å². The van der Waals surface area contributed by atoms with Crippen molar-refractivity contribution in [3.63, 3.8) is 0 Å². The molecule has 5 heteroatoms. The molecule has 0 aliphatic heterocycles. The topological polar surface area (TPSA) is 54.4 Å². The highest BCUT2D eigenvalue weighted by Crippen LogP contribution is 2.18. The van der Waals surface area contributed by atoms with E-state index < -0.39 is 17.0 Å². The van der Waals surface area contributed by atoms with Crippen molar-refractivity contribution in [1.82, 2.24) is 0 Å². The third-order valence-corrected chi connectivity index (χ3v) is 3.75. The number of benzene rings is 1. The van der Waals surface area contributed by atoms with Crippen LogP contribution in [0.25, 0.3) is 6.08 Å². The third kappa shape index (κ3) is 4.12. The number of allylic oxidation sites excluding steroid dienone is 1. The molecule has 106 valence electrons. The van der Waals surface area contributed by atoms with Gasteiger partial charge in [0.15, 0.2) is 11.5 Å². The summed E-state index contributed by atoms with van der Waals surface area (Å²) in [6.07, 6.45) is 2.95. The zero-order valence-electron chi connectivity index (χ0n) is 10.7. The molecule has 0 spiro atoms. The van der Waals surface area contributed by atoms with Crippen molar-refractivity contribution in [3.05, 3.63) is 78.8 Å². The number of halogens is 2. The zero-order chi connectivity index (χ0) is 15.4. The lowest BCUT2D eigenvalue weighted by atomic mass is 10.1. The van der Waals surface area contributed by atoms with Crippen LogP contribution in [0.3, 0.4) is 0 Å². The van der Waals surface area contributed by atoms with Gasteiger partial charge in [-0.3, -0.25) is 9.59 Å². The van der Waals surface area contributed by atoms with E-state index in [1.807, 2.05) is 24.3 Å². The van der Waals surface area contributed by atoms with Crippen molar-refractivity contribution in [2.75, 3.05) is 0 Å². The Kier molecular flexibility index (Phi) is 5.09. The summed E-state index contributed by atoms with van der Waals surface area (Å²) in [5, 5.41) is 9.79. The first-order valence-electron chi connectivity index (χ1n) is 5.98. The maximum atomic E-state index is 12.1. The van der Waals surface area contributed by atoms with Crippen molar-refractivity contribution in [2.45, 2.75) is 0 Å². The van der Waals surface area contributed by atoms with E-state index in [1.54, 1.807) is 6.08 Å². The van der Waals surface area contributed by atoms with Crippen LogP contribution in [0, 0.1) is 0 Å². The molecule has 2 rings (SSSR count). The van der Waals surface area contributed by atoms with E-state index in [-0.39, 0.29) is 5.56 Å². The molecule has 0 saturated carbocycles. The first-order valence-corrected chi connectivity index (χ1v) is 7.57. The minimum atomic E-state index is -0.596. The summed E-state index contributed by atoms with van der Waals surface area (Å²) in [4.78, 5) is 23.7. The van der Waals surface area contributed by atoms with Crippen molar-refractivity contribution >= 4 is 43.7 Å². The lowest BCUT2D eigenvalue weighted by Gasteiger charge is -1.96. The Morgan fingerprint density at radius 2 is 1.62 bits per heavy atom. The Labute approximate surface area is 138 Å². The molecule has 0 radical (unpaired) electrons. The number of carbonyl (C=O) groups is 1. The van der Waals surface area contributed by atoms with Gasteiger partial charge in [-0.2, -0.15) is 0 Å². The molecule has 0 aliphatic rings. The highest BCUT2D eigenvalue weighted by molar-refractivity contribution is 9.10. The van der Waals surface area contributed by atoms with Gasteiger partial charge in [0.05, 0.1) is 5.56 Å². The predicted octanol–water partition coefficient (Wildman–Crippen LogP) is 4.17. The molecule has 0 aromatic heterocycles. The largest absolute Gasteiger partial charge is 0.504 e. The maximum Gasteiger partial charge on any atom is 0.220 e. The van der Waals surface area contributed by atoms with Crippen LogP contribution in [-0.4, -0.2) is 10.9 Å². The number of rotatable bonds is 3. The highest BCUT2D eigenvalue weighted by atomic mass is 79.9. The highest BCUT2D eigenvalue weighted by Gasteiger charge is 2.10.